The van der Waals surface area contributed by atoms with Gasteiger partial charge in [-0.2, -0.15) is 0 Å². The number of nitrogens with zero attached hydrogens (tertiary/aromatic N) is 1. The van der Waals surface area contributed by atoms with Gasteiger partial charge < -0.3 is 10.0 Å². The summed E-state index contributed by atoms with van der Waals surface area (Å²) in [5.74, 6) is 0. The average Bonchev–Trinajstić information content (AvgIpc) is 2.23. The molecule has 80 valence electrons. The minimum atomic E-state index is 0.155. The van der Waals surface area contributed by atoms with E-state index in [1.807, 2.05) is 11.0 Å². The molecule has 0 spiro atoms. The van der Waals surface area contributed by atoms with Crippen molar-refractivity contribution in [2.75, 3.05) is 18.1 Å². The van der Waals surface area contributed by atoms with Gasteiger partial charge in [-0.1, -0.05) is 32.0 Å². The molecule has 2 rings (SSSR count). The van der Waals surface area contributed by atoms with Crippen molar-refractivity contribution in [3.05, 3.63) is 36.4 Å². The molecule has 2 nitrogen and oxygen atoms in total. The van der Waals surface area contributed by atoms with Gasteiger partial charge in [0.2, 0.25) is 0 Å². The summed E-state index contributed by atoms with van der Waals surface area (Å²) in [6, 6.07) is 8.37. The fraction of sp³-hybridized carbons (Fsp3) is 0.462. The standard InChI is InChI=1S/C13H17NO/c1-13(2)7-8-14(9-10-15)12-6-4-3-5-11(12)13/h3-6,15H,7,9-10H2,1-2H3. The predicted octanol–water partition coefficient (Wildman–Crippen LogP) is 2.21. The van der Waals surface area contributed by atoms with Crippen LogP contribution in [0.5, 0.6) is 0 Å². The molecule has 0 saturated carbocycles. The molecule has 15 heavy (non-hydrogen) atoms. The lowest BCUT2D eigenvalue weighted by Crippen LogP contribution is -2.35. The number of β-amino-alcohol motifs (C(OH)–C–C–N with tert-alkyl or cyclic N) is 1. The molecule has 0 unspecified atom stereocenters. The molecule has 0 aliphatic carbocycles. The molecule has 0 fully saturated rings. The van der Waals surface area contributed by atoms with Crippen LogP contribution in [0, 0.1) is 6.54 Å². The first-order chi connectivity index (χ1) is 7.15. The number of aliphatic hydroxyl groups is 1. The minimum Gasteiger partial charge on any atom is -0.395 e. The topological polar surface area (TPSA) is 23.5 Å². The van der Waals surface area contributed by atoms with E-state index < -0.39 is 0 Å². The van der Waals surface area contributed by atoms with Crippen LogP contribution in [0.4, 0.5) is 5.69 Å². The van der Waals surface area contributed by atoms with Gasteiger partial charge in [-0.15, -0.1) is 0 Å². The number of benzene rings is 1. The van der Waals surface area contributed by atoms with Crippen LogP contribution in [0.2, 0.25) is 0 Å². The monoisotopic (exact) mass is 203 g/mol. The zero-order valence-corrected chi connectivity index (χ0v) is 9.33. The third kappa shape index (κ3) is 1.86. The predicted molar refractivity (Wildman–Crippen MR) is 61.8 cm³/mol. The van der Waals surface area contributed by atoms with Crippen LogP contribution in [-0.4, -0.2) is 18.3 Å². The Hall–Kier alpha value is -1.02. The number of rotatable bonds is 2. The van der Waals surface area contributed by atoms with Gasteiger partial charge in [-0.05, 0) is 23.5 Å². The molecule has 0 aromatic heterocycles. The van der Waals surface area contributed by atoms with Crippen LogP contribution >= 0.6 is 0 Å². The summed E-state index contributed by atoms with van der Waals surface area (Å²) < 4.78 is 0. The molecule has 0 amide bonds. The number of aliphatic hydroxyl groups excluding tert-OH is 1. The Kier molecular flexibility index (Phi) is 2.70. The van der Waals surface area contributed by atoms with E-state index in [1.165, 1.54) is 11.3 Å². The summed E-state index contributed by atoms with van der Waals surface area (Å²) in [7, 11) is 0. The number of hydrogen-bond acceptors (Lipinski definition) is 2. The van der Waals surface area contributed by atoms with E-state index in [1.54, 1.807) is 0 Å². The summed E-state index contributed by atoms with van der Waals surface area (Å²) >= 11 is 0. The van der Waals surface area contributed by atoms with Crippen LogP contribution in [0.3, 0.4) is 0 Å². The normalized spacial score (nSPS) is 18.7. The first-order valence-corrected chi connectivity index (χ1v) is 5.36. The highest BCUT2D eigenvalue weighted by Crippen LogP contribution is 2.40. The molecule has 1 aliphatic rings. The first kappa shape index (κ1) is 10.5. The van der Waals surface area contributed by atoms with Gasteiger partial charge in [0.15, 0.2) is 0 Å². The molecule has 2 radical (unpaired) electrons. The second-order valence-electron chi connectivity index (χ2n) is 4.61. The number of anilines is 1. The molecule has 2 heteroatoms. The summed E-state index contributed by atoms with van der Waals surface area (Å²) in [5, 5.41) is 8.99. The van der Waals surface area contributed by atoms with Gasteiger partial charge in [-0.3, -0.25) is 0 Å². The molecule has 1 heterocycles. The Balaban J connectivity index is 2.39. The third-order valence-corrected chi connectivity index (χ3v) is 2.96. The number of hydrogen-bond donors (Lipinski definition) is 1. The van der Waals surface area contributed by atoms with Crippen molar-refractivity contribution in [2.24, 2.45) is 0 Å². The molecular formula is C13H17NO. The van der Waals surface area contributed by atoms with Gasteiger partial charge in [0.1, 0.15) is 0 Å². The molecule has 1 aliphatic heterocycles. The minimum absolute atomic E-state index is 0.155. The van der Waals surface area contributed by atoms with Crippen LogP contribution in [0.1, 0.15) is 25.8 Å². The lowest BCUT2D eigenvalue weighted by molar-refractivity contribution is 0.301. The third-order valence-electron chi connectivity index (χ3n) is 2.96. The molecule has 1 aromatic carbocycles. The quantitative estimate of drug-likeness (QED) is 0.796. The van der Waals surface area contributed by atoms with Gasteiger partial charge in [0.05, 0.1) is 13.2 Å². The lowest BCUT2D eigenvalue weighted by atomic mass is 9.78. The molecular weight excluding hydrogens is 186 g/mol. The molecule has 0 atom stereocenters. The smallest absolute Gasteiger partial charge is 0.0921 e. The van der Waals surface area contributed by atoms with E-state index in [2.05, 4.69) is 38.6 Å². The van der Waals surface area contributed by atoms with Crippen molar-refractivity contribution in [3.8, 4) is 0 Å². The number of para-hydroxylation sites is 1. The summed E-state index contributed by atoms with van der Waals surface area (Å²) in [5.41, 5.74) is 2.68. The summed E-state index contributed by atoms with van der Waals surface area (Å²) in [6.07, 6.45) is 0.907. The summed E-state index contributed by atoms with van der Waals surface area (Å²) in [4.78, 5) is 2.03. The Morgan fingerprint density at radius 1 is 1.40 bits per heavy atom. The van der Waals surface area contributed by atoms with Crippen LogP contribution in [0.25, 0.3) is 0 Å². The maximum atomic E-state index is 8.99. The molecule has 0 saturated heterocycles. The fourth-order valence-electron chi connectivity index (χ4n) is 2.05. The van der Waals surface area contributed by atoms with Crippen molar-refractivity contribution < 1.29 is 5.11 Å². The van der Waals surface area contributed by atoms with Gasteiger partial charge in [-0.25, -0.2) is 0 Å². The average molecular weight is 203 g/mol. The maximum absolute atomic E-state index is 8.99. The van der Waals surface area contributed by atoms with Gasteiger partial charge in [0.25, 0.3) is 0 Å². The van der Waals surface area contributed by atoms with E-state index in [4.69, 9.17) is 5.11 Å². The Morgan fingerprint density at radius 3 is 2.87 bits per heavy atom. The van der Waals surface area contributed by atoms with Crippen LogP contribution in [-0.2, 0) is 5.41 Å². The number of fused-ring (bicyclic) bond motifs is 1. The second-order valence-corrected chi connectivity index (χ2v) is 4.61. The molecule has 0 bridgehead atoms. The highest BCUT2D eigenvalue weighted by molar-refractivity contribution is 5.60. The maximum Gasteiger partial charge on any atom is 0.0921 e. The second kappa shape index (κ2) is 3.86. The Bertz CT molecular complexity index is 346. The van der Waals surface area contributed by atoms with E-state index in [0.717, 1.165) is 6.42 Å². The van der Waals surface area contributed by atoms with Crippen molar-refractivity contribution in [1.29, 1.82) is 0 Å². The van der Waals surface area contributed by atoms with E-state index in [9.17, 15) is 0 Å². The zero-order valence-electron chi connectivity index (χ0n) is 9.33. The Labute approximate surface area is 91.5 Å². The largest absolute Gasteiger partial charge is 0.395 e. The van der Waals surface area contributed by atoms with Gasteiger partial charge >= 0.3 is 0 Å². The fourth-order valence-corrected chi connectivity index (χ4v) is 2.05. The zero-order chi connectivity index (χ0) is 10.9. The highest BCUT2D eigenvalue weighted by atomic mass is 16.3. The van der Waals surface area contributed by atoms with Crippen molar-refractivity contribution >= 4 is 5.69 Å². The van der Waals surface area contributed by atoms with E-state index >= 15 is 0 Å². The van der Waals surface area contributed by atoms with E-state index in [0.29, 0.717) is 6.54 Å². The van der Waals surface area contributed by atoms with Crippen molar-refractivity contribution in [1.82, 2.24) is 0 Å². The highest BCUT2D eigenvalue weighted by Gasteiger charge is 2.30. The SMILES string of the molecule is CC1(C)C[C]N(CCO)c2ccccc21. The van der Waals surface area contributed by atoms with E-state index in [-0.39, 0.29) is 12.0 Å². The molecule has 1 N–H and O–H groups in total. The lowest BCUT2D eigenvalue weighted by Gasteiger charge is -2.39. The Morgan fingerprint density at radius 2 is 2.13 bits per heavy atom. The van der Waals surface area contributed by atoms with Crippen molar-refractivity contribution in [3.63, 3.8) is 0 Å². The molecule has 1 aromatic rings. The van der Waals surface area contributed by atoms with Crippen molar-refractivity contribution in [2.45, 2.75) is 25.7 Å². The van der Waals surface area contributed by atoms with Crippen LogP contribution < -0.4 is 4.90 Å². The van der Waals surface area contributed by atoms with Gasteiger partial charge in [0, 0.05) is 12.2 Å². The summed E-state index contributed by atoms with van der Waals surface area (Å²) in [6.45, 7) is 8.60. The first-order valence-electron chi connectivity index (χ1n) is 5.36. The van der Waals surface area contributed by atoms with Crippen LogP contribution in [0.15, 0.2) is 24.3 Å².